The van der Waals surface area contributed by atoms with E-state index in [1.807, 2.05) is 19.1 Å². The van der Waals surface area contributed by atoms with Gasteiger partial charge in [-0.05, 0) is 48.4 Å². The zero-order valence-corrected chi connectivity index (χ0v) is 17.6. The van der Waals surface area contributed by atoms with Crippen LogP contribution in [0, 0.1) is 12.7 Å². The maximum Gasteiger partial charge on any atom is 0.170 e. The molecule has 3 aromatic heterocycles. The van der Waals surface area contributed by atoms with Crippen LogP contribution >= 0.6 is 9.24 Å². The fourth-order valence-corrected chi connectivity index (χ4v) is 3.51. The number of nitrogens with one attached hydrogen (secondary N) is 1. The van der Waals surface area contributed by atoms with Gasteiger partial charge in [-0.2, -0.15) is 0 Å². The normalized spacial score (nSPS) is 12.2. The Labute approximate surface area is 174 Å². The van der Waals surface area contributed by atoms with Crippen molar-refractivity contribution in [3.05, 3.63) is 71.6 Å². The minimum Gasteiger partial charge on any atom is -0.496 e. The second-order valence-corrected chi connectivity index (χ2v) is 7.34. The van der Waals surface area contributed by atoms with Crippen LogP contribution in [0.3, 0.4) is 0 Å². The third-order valence-electron chi connectivity index (χ3n) is 4.90. The molecular weight excluding hydrogens is 407 g/mol. The SMILES string of the molecule is COc1cccc(F)c1CNc1ccc(-c2cc(C(F)P)ncc2C)c2nncn12. The molecule has 0 aliphatic carbocycles. The van der Waals surface area contributed by atoms with E-state index in [1.54, 1.807) is 35.1 Å². The minimum absolute atomic E-state index is 0.220. The Bertz CT molecular complexity index is 1210. The molecule has 3 heterocycles. The summed E-state index contributed by atoms with van der Waals surface area (Å²) < 4.78 is 35.0. The Balaban J connectivity index is 1.72. The highest BCUT2D eigenvalue weighted by molar-refractivity contribution is 7.16. The summed E-state index contributed by atoms with van der Waals surface area (Å²) in [6.07, 6.45) is 3.22. The van der Waals surface area contributed by atoms with Gasteiger partial charge in [0.15, 0.2) is 11.6 Å². The first-order chi connectivity index (χ1) is 14.5. The second-order valence-electron chi connectivity index (χ2n) is 6.76. The highest BCUT2D eigenvalue weighted by atomic mass is 31.0. The summed E-state index contributed by atoms with van der Waals surface area (Å²) >= 11 is 0. The summed E-state index contributed by atoms with van der Waals surface area (Å²) in [4.78, 5) is 4.14. The van der Waals surface area contributed by atoms with E-state index in [2.05, 4.69) is 29.7 Å². The lowest BCUT2D eigenvalue weighted by atomic mass is 10.0. The molecule has 1 aromatic carbocycles. The predicted octanol–water partition coefficient (Wildman–Crippen LogP) is 4.70. The number of hydrogen-bond acceptors (Lipinski definition) is 5. The van der Waals surface area contributed by atoms with E-state index < -0.39 is 5.91 Å². The van der Waals surface area contributed by atoms with Gasteiger partial charge in [-0.25, -0.2) is 8.78 Å². The van der Waals surface area contributed by atoms with E-state index in [-0.39, 0.29) is 12.4 Å². The molecule has 0 radical (unpaired) electrons. The zero-order chi connectivity index (χ0) is 21.3. The number of pyridine rings is 2. The molecule has 0 aliphatic heterocycles. The lowest BCUT2D eigenvalue weighted by molar-refractivity contribution is 0.405. The topological polar surface area (TPSA) is 64.3 Å². The average Bonchev–Trinajstić information content (AvgIpc) is 3.23. The Kier molecular flexibility index (Phi) is 5.59. The molecule has 0 saturated heterocycles. The number of halogens is 2. The maximum atomic E-state index is 14.2. The summed E-state index contributed by atoms with van der Waals surface area (Å²) in [6, 6.07) is 10.2. The molecule has 6 nitrogen and oxygen atoms in total. The smallest absolute Gasteiger partial charge is 0.170 e. The number of fused-ring (bicyclic) bond motifs is 1. The molecule has 0 aliphatic rings. The average molecular weight is 427 g/mol. The number of aryl methyl sites for hydroxylation is 1. The third kappa shape index (κ3) is 3.71. The molecule has 154 valence electrons. The van der Waals surface area contributed by atoms with Crippen LogP contribution in [-0.2, 0) is 6.54 Å². The first-order valence-corrected chi connectivity index (χ1v) is 9.91. The molecule has 0 spiro atoms. The van der Waals surface area contributed by atoms with Gasteiger partial charge >= 0.3 is 0 Å². The minimum atomic E-state index is -1.25. The van der Waals surface area contributed by atoms with E-state index in [4.69, 9.17) is 4.74 Å². The van der Waals surface area contributed by atoms with Gasteiger partial charge in [0.25, 0.3) is 0 Å². The van der Waals surface area contributed by atoms with Crippen LogP contribution in [0.2, 0.25) is 0 Å². The molecular formula is C21H20F2N5OP. The van der Waals surface area contributed by atoms with Crippen LogP contribution in [0.4, 0.5) is 14.6 Å². The van der Waals surface area contributed by atoms with Gasteiger partial charge in [0.2, 0.25) is 0 Å². The van der Waals surface area contributed by atoms with Crippen LogP contribution in [0.15, 0.2) is 48.9 Å². The van der Waals surface area contributed by atoms with Crippen molar-refractivity contribution >= 4 is 20.7 Å². The number of ether oxygens (including phenoxy) is 1. The monoisotopic (exact) mass is 427 g/mol. The first kappa shape index (κ1) is 20.2. The van der Waals surface area contributed by atoms with Gasteiger partial charge in [-0.3, -0.25) is 9.38 Å². The number of methoxy groups -OCH3 is 1. The third-order valence-corrected chi connectivity index (χ3v) is 5.24. The van der Waals surface area contributed by atoms with Gasteiger partial charge in [0.1, 0.15) is 23.7 Å². The molecule has 30 heavy (non-hydrogen) atoms. The second kappa shape index (κ2) is 8.32. The zero-order valence-electron chi connectivity index (χ0n) is 16.4. The lowest BCUT2D eigenvalue weighted by Gasteiger charge is -2.14. The van der Waals surface area contributed by atoms with Crippen molar-refractivity contribution in [3.8, 4) is 16.9 Å². The van der Waals surface area contributed by atoms with Gasteiger partial charge in [0.05, 0.1) is 12.8 Å². The van der Waals surface area contributed by atoms with E-state index >= 15 is 0 Å². The number of aromatic nitrogens is 4. The van der Waals surface area contributed by atoms with Crippen molar-refractivity contribution in [2.45, 2.75) is 19.4 Å². The van der Waals surface area contributed by atoms with Crippen molar-refractivity contribution in [2.24, 2.45) is 0 Å². The van der Waals surface area contributed by atoms with Crippen LogP contribution in [-0.4, -0.2) is 26.7 Å². The Morgan fingerprint density at radius 3 is 2.83 bits per heavy atom. The number of anilines is 1. The number of alkyl halides is 1. The number of hydrogen-bond donors (Lipinski definition) is 1. The molecule has 4 rings (SSSR count). The van der Waals surface area contributed by atoms with Gasteiger partial charge in [-0.15, -0.1) is 10.2 Å². The van der Waals surface area contributed by atoms with Crippen molar-refractivity contribution in [1.82, 2.24) is 19.6 Å². The molecule has 1 N–H and O–H groups in total. The fourth-order valence-electron chi connectivity index (χ4n) is 3.33. The Morgan fingerprint density at radius 2 is 2.07 bits per heavy atom. The fraction of sp³-hybridized carbons (Fsp3) is 0.190. The van der Waals surface area contributed by atoms with Crippen molar-refractivity contribution in [1.29, 1.82) is 0 Å². The molecule has 9 heteroatoms. The van der Waals surface area contributed by atoms with Crippen molar-refractivity contribution < 1.29 is 13.5 Å². The highest BCUT2D eigenvalue weighted by Crippen LogP contribution is 2.32. The highest BCUT2D eigenvalue weighted by Gasteiger charge is 2.15. The first-order valence-electron chi connectivity index (χ1n) is 9.24. The van der Waals surface area contributed by atoms with Crippen LogP contribution in [0.5, 0.6) is 5.75 Å². The summed E-state index contributed by atoms with van der Waals surface area (Å²) in [5.41, 5.74) is 3.87. The summed E-state index contributed by atoms with van der Waals surface area (Å²) in [5.74, 6) is -0.450. The standard InChI is InChI=1S/C21H20F2N5OP/c1-12-9-24-17(20(23)30)8-14(12)13-6-7-19(28-11-26-27-21(13)28)25-10-15-16(22)4-3-5-18(15)29-2/h3-9,11,20,25H,10,30H2,1-2H3. The van der Waals surface area contributed by atoms with Gasteiger partial charge in [0, 0.05) is 23.9 Å². The van der Waals surface area contributed by atoms with Crippen LogP contribution in [0.1, 0.15) is 22.7 Å². The molecule has 0 saturated carbocycles. The number of nitrogens with zero attached hydrogens (tertiary/aromatic N) is 4. The van der Waals surface area contributed by atoms with Crippen LogP contribution < -0.4 is 10.1 Å². The Morgan fingerprint density at radius 1 is 1.23 bits per heavy atom. The summed E-state index contributed by atoms with van der Waals surface area (Å²) in [5, 5.41) is 11.5. The molecule has 0 bridgehead atoms. The number of benzene rings is 1. The molecule has 0 amide bonds. The number of rotatable bonds is 6. The van der Waals surface area contributed by atoms with Gasteiger partial charge in [-0.1, -0.05) is 15.3 Å². The van der Waals surface area contributed by atoms with E-state index in [0.29, 0.717) is 28.5 Å². The maximum absolute atomic E-state index is 14.2. The van der Waals surface area contributed by atoms with E-state index in [9.17, 15) is 8.78 Å². The van der Waals surface area contributed by atoms with E-state index in [0.717, 1.165) is 16.7 Å². The summed E-state index contributed by atoms with van der Waals surface area (Å²) in [6.45, 7) is 2.13. The largest absolute Gasteiger partial charge is 0.496 e. The quantitative estimate of drug-likeness (QED) is 0.452. The van der Waals surface area contributed by atoms with Crippen LogP contribution in [0.25, 0.3) is 16.8 Å². The lowest BCUT2D eigenvalue weighted by Crippen LogP contribution is -2.07. The van der Waals surface area contributed by atoms with E-state index in [1.165, 1.54) is 13.2 Å². The van der Waals surface area contributed by atoms with Gasteiger partial charge < -0.3 is 10.1 Å². The molecule has 4 aromatic rings. The summed E-state index contributed by atoms with van der Waals surface area (Å²) in [7, 11) is 3.61. The molecule has 2 unspecified atom stereocenters. The molecule has 2 atom stereocenters. The van der Waals surface area contributed by atoms with Crippen molar-refractivity contribution in [2.75, 3.05) is 12.4 Å². The molecule has 0 fully saturated rings. The van der Waals surface area contributed by atoms with Crippen molar-refractivity contribution in [3.63, 3.8) is 0 Å². The predicted molar refractivity (Wildman–Crippen MR) is 115 cm³/mol. The Hall–Kier alpha value is -3.12.